The highest BCUT2D eigenvalue weighted by Crippen LogP contribution is 2.48. The van der Waals surface area contributed by atoms with Crippen molar-refractivity contribution in [3.05, 3.63) is 60.0 Å². The van der Waals surface area contributed by atoms with Crippen LogP contribution in [0.25, 0.3) is 33.2 Å². The van der Waals surface area contributed by atoms with Gasteiger partial charge in [0.2, 0.25) is 5.92 Å². The summed E-state index contributed by atoms with van der Waals surface area (Å²) in [5.41, 5.74) is 4.96. The molecule has 0 spiro atoms. The van der Waals surface area contributed by atoms with Gasteiger partial charge < -0.3 is 9.47 Å². The number of nitrogens with zero attached hydrogens (tertiary/aromatic N) is 7. The van der Waals surface area contributed by atoms with Crippen molar-refractivity contribution in [3.8, 4) is 11.3 Å². The fraction of sp³-hybridized carbons (Fsp3) is 0.438. The van der Waals surface area contributed by atoms with E-state index in [0.717, 1.165) is 22.5 Å². The second-order valence-corrected chi connectivity index (χ2v) is 14.3. The fourth-order valence-corrected chi connectivity index (χ4v) is 7.40. The Kier molecular flexibility index (Phi) is 7.46. The highest BCUT2D eigenvalue weighted by molar-refractivity contribution is 7.91. The summed E-state index contributed by atoms with van der Waals surface area (Å²) in [6.45, 7) is 5.95. The number of rotatable bonds is 7. The number of benzene rings is 1. The third-order valence-electron chi connectivity index (χ3n) is 9.01. The molecule has 44 heavy (non-hydrogen) atoms. The third kappa shape index (κ3) is 5.12. The van der Waals surface area contributed by atoms with E-state index in [2.05, 4.69) is 10.3 Å². The van der Waals surface area contributed by atoms with Crippen molar-refractivity contribution in [1.82, 2.24) is 29.5 Å². The first-order chi connectivity index (χ1) is 20.8. The van der Waals surface area contributed by atoms with E-state index in [-0.39, 0.29) is 29.7 Å². The zero-order valence-electron chi connectivity index (χ0n) is 25.8. The molecule has 1 aliphatic carbocycles. The first-order valence-electron chi connectivity index (χ1n) is 14.8. The van der Waals surface area contributed by atoms with Crippen LogP contribution in [0.2, 0.25) is 0 Å². The van der Waals surface area contributed by atoms with E-state index in [1.165, 1.54) is 12.5 Å². The second-order valence-electron chi connectivity index (χ2n) is 12.3. The first-order valence-corrected chi connectivity index (χ1v) is 16.7. The van der Waals surface area contributed by atoms with Gasteiger partial charge in [0.25, 0.3) is 0 Å². The molecule has 0 saturated heterocycles. The largest absolute Gasteiger partial charge is 0.357 e. The van der Waals surface area contributed by atoms with Crippen molar-refractivity contribution in [1.29, 1.82) is 0 Å². The minimum absolute atomic E-state index is 0.0566. The number of anilines is 1. The molecule has 0 amide bonds. The number of alkyl halides is 2. The van der Waals surface area contributed by atoms with Crippen LogP contribution in [0.3, 0.4) is 0 Å². The normalized spacial score (nSPS) is 16.7. The summed E-state index contributed by atoms with van der Waals surface area (Å²) < 4.78 is 59.6. The summed E-state index contributed by atoms with van der Waals surface area (Å²) in [4.78, 5) is 11.7. The Bertz CT molecular complexity index is 1940. The molecule has 0 N–H and O–H groups in total. The molecular weight excluding hydrogens is 584 g/mol. The van der Waals surface area contributed by atoms with E-state index in [9.17, 15) is 17.2 Å². The Morgan fingerprint density at radius 1 is 1.07 bits per heavy atom. The standard InChI is InChI=1S/C32H37F2N7O2S/c1-19(2)39(4)31-26-27-24(16-23(17-35-27)28-20(3)37-38-40(28)5)41(30(26)25(18-36-31)44(6,42)43)29(21-10-8-7-9-11-21)22-12-14-32(33,34)15-13-22/h7-11,16-19,22,29H,12-15H2,1-6H3. The molecule has 1 saturated carbocycles. The Hall–Kier alpha value is -3.93. The van der Waals surface area contributed by atoms with Gasteiger partial charge in [0, 0.05) is 51.0 Å². The lowest BCUT2D eigenvalue weighted by Crippen LogP contribution is -2.30. The number of fused-ring (bicyclic) bond motifs is 3. The topological polar surface area (TPSA) is 98.8 Å². The quantitative estimate of drug-likeness (QED) is 0.209. The zero-order valence-corrected chi connectivity index (χ0v) is 26.6. The molecule has 6 rings (SSSR count). The SMILES string of the molecule is Cc1nnn(C)c1-c1cnc2c3c(N(C)C(C)C)ncc(S(C)(=O)=O)c3n(C(c3ccccc3)C3CCC(F)(F)CC3)c2c1. The maximum absolute atomic E-state index is 14.5. The second kappa shape index (κ2) is 10.9. The number of aromatic nitrogens is 6. The molecule has 1 aromatic carbocycles. The van der Waals surface area contributed by atoms with Gasteiger partial charge in [0.15, 0.2) is 9.84 Å². The van der Waals surface area contributed by atoms with E-state index in [1.807, 2.05) is 80.7 Å². The molecule has 4 heterocycles. The monoisotopic (exact) mass is 621 g/mol. The van der Waals surface area contributed by atoms with Gasteiger partial charge in [0.1, 0.15) is 10.7 Å². The summed E-state index contributed by atoms with van der Waals surface area (Å²) >= 11 is 0. The average Bonchev–Trinajstić information content (AvgIpc) is 3.49. The van der Waals surface area contributed by atoms with Gasteiger partial charge in [-0.05, 0) is 51.2 Å². The Labute approximate surface area is 255 Å². The van der Waals surface area contributed by atoms with E-state index < -0.39 is 21.8 Å². The van der Waals surface area contributed by atoms with Crippen LogP contribution in [0.15, 0.2) is 53.7 Å². The first kappa shape index (κ1) is 30.1. The third-order valence-corrected chi connectivity index (χ3v) is 10.1. The molecule has 232 valence electrons. The van der Waals surface area contributed by atoms with Crippen molar-refractivity contribution >= 4 is 37.6 Å². The van der Waals surface area contributed by atoms with E-state index in [0.29, 0.717) is 40.6 Å². The minimum Gasteiger partial charge on any atom is -0.357 e. The lowest BCUT2D eigenvalue weighted by molar-refractivity contribution is -0.0493. The summed E-state index contributed by atoms with van der Waals surface area (Å²) in [5.74, 6) is -2.29. The summed E-state index contributed by atoms with van der Waals surface area (Å²) in [7, 11) is -0.0336. The van der Waals surface area contributed by atoms with Crippen LogP contribution < -0.4 is 4.90 Å². The summed E-state index contributed by atoms with van der Waals surface area (Å²) in [6, 6.07) is 11.4. The number of hydrogen-bond donors (Lipinski definition) is 0. The minimum atomic E-state index is -3.77. The maximum Gasteiger partial charge on any atom is 0.248 e. The van der Waals surface area contributed by atoms with Crippen molar-refractivity contribution in [2.45, 2.75) is 69.4 Å². The number of sulfone groups is 1. The molecule has 5 aromatic rings. The predicted octanol–water partition coefficient (Wildman–Crippen LogP) is 6.35. The van der Waals surface area contributed by atoms with Crippen LogP contribution in [-0.2, 0) is 16.9 Å². The molecule has 12 heteroatoms. The molecule has 0 radical (unpaired) electrons. The number of hydrogen-bond acceptors (Lipinski definition) is 7. The number of pyridine rings is 2. The summed E-state index contributed by atoms with van der Waals surface area (Å²) in [6.07, 6.45) is 4.51. The number of halogens is 2. The highest BCUT2D eigenvalue weighted by Gasteiger charge is 2.40. The molecule has 1 unspecified atom stereocenters. The summed E-state index contributed by atoms with van der Waals surface area (Å²) in [5, 5.41) is 9.02. The van der Waals surface area contributed by atoms with Crippen LogP contribution in [0.1, 0.15) is 56.8 Å². The fourth-order valence-electron chi connectivity index (χ4n) is 6.60. The Balaban J connectivity index is 1.79. The van der Waals surface area contributed by atoms with Gasteiger partial charge in [-0.25, -0.2) is 26.9 Å². The van der Waals surface area contributed by atoms with Crippen LogP contribution >= 0.6 is 0 Å². The van der Waals surface area contributed by atoms with E-state index in [1.54, 1.807) is 10.9 Å². The molecule has 4 aromatic heterocycles. The average molecular weight is 622 g/mol. The molecule has 0 aliphatic heterocycles. The lowest BCUT2D eigenvalue weighted by atomic mass is 9.79. The zero-order chi connectivity index (χ0) is 31.6. The molecule has 0 bridgehead atoms. The van der Waals surface area contributed by atoms with Gasteiger partial charge in [-0.2, -0.15) is 0 Å². The molecule has 9 nitrogen and oxygen atoms in total. The highest BCUT2D eigenvalue weighted by atomic mass is 32.2. The van der Waals surface area contributed by atoms with Crippen LogP contribution in [0.5, 0.6) is 0 Å². The molecule has 1 aliphatic rings. The van der Waals surface area contributed by atoms with Crippen LogP contribution in [0, 0.1) is 12.8 Å². The molecular formula is C32H37F2N7O2S. The van der Waals surface area contributed by atoms with Gasteiger partial charge in [0.05, 0.1) is 45.6 Å². The van der Waals surface area contributed by atoms with Crippen molar-refractivity contribution in [2.24, 2.45) is 13.0 Å². The van der Waals surface area contributed by atoms with Crippen molar-refractivity contribution in [2.75, 3.05) is 18.2 Å². The van der Waals surface area contributed by atoms with Crippen molar-refractivity contribution < 1.29 is 17.2 Å². The van der Waals surface area contributed by atoms with Crippen molar-refractivity contribution in [3.63, 3.8) is 0 Å². The lowest BCUT2D eigenvalue weighted by Gasteiger charge is -2.36. The van der Waals surface area contributed by atoms with Gasteiger partial charge in [-0.3, -0.25) is 4.98 Å². The van der Waals surface area contributed by atoms with Crippen LogP contribution in [-0.4, -0.2) is 63.2 Å². The van der Waals surface area contributed by atoms with E-state index >= 15 is 0 Å². The number of aryl methyl sites for hydroxylation is 2. The molecule has 1 fully saturated rings. The van der Waals surface area contributed by atoms with Crippen LogP contribution in [0.4, 0.5) is 14.6 Å². The van der Waals surface area contributed by atoms with Gasteiger partial charge in [-0.1, -0.05) is 35.5 Å². The predicted molar refractivity (Wildman–Crippen MR) is 168 cm³/mol. The smallest absolute Gasteiger partial charge is 0.248 e. The maximum atomic E-state index is 14.5. The Morgan fingerprint density at radius 2 is 1.75 bits per heavy atom. The van der Waals surface area contributed by atoms with Gasteiger partial charge >= 0.3 is 0 Å². The van der Waals surface area contributed by atoms with Gasteiger partial charge in [-0.15, -0.1) is 5.10 Å². The Morgan fingerprint density at radius 3 is 2.34 bits per heavy atom. The van der Waals surface area contributed by atoms with E-state index in [4.69, 9.17) is 9.97 Å². The molecule has 1 atom stereocenters.